The second-order valence-electron chi connectivity index (χ2n) is 18.5. The quantitative estimate of drug-likeness (QED) is 0.0452. The molecule has 0 N–H and O–H groups in total. The molecule has 0 aromatic carbocycles. The Morgan fingerprint density at radius 3 is 1.09 bits per heavy atom. The van der Waals surface area contributed by atoms with Gasteiger partial charge in [-0.1, -0.05) is 195 Å². The van der Waals surface area contributed by atoms with Gasteiger partial charge in [0, 0.05) is 45.6 Å². The van der Waals surface area contributed by atoms with Crippen molar-refractivity contribution in [1.82, 2.24) is 9.80 Å². The molecule has 1 rings (SSSR count). The lowest BCUT2D eigenvalue weighted by Crippen LogP contribution is -2.46. The summed E-state index contributed by atoms with van der Waals surface area (Å²) in [6.45, 7) is 16.4. The van der Waals surface area contributed by atoms with Crippen molar-refractivity contribution in [1.29, 1.82) is 0 Å². The van der Waals surface area contributed by atoms with E-state index in [0.29, 0.717) is 26.1 Å². The van der Waals surface area contributed by atoms with Crippen LogP contribution in [0.1, 0.15) is 246 Å². The van der Waals surface area contributed by atoms with Crippen molar-refractivity contribution in [3.05, 3.63) is 0 Å². The van der Waals surface area contributed by atoms with Gasteiger partial charge in [-0.25, -0.2) is 0 Å². The number of piperazine rings is 1. The minimum Gasteiger partial charge on any atom is -0.466 e. The van der Waals surface area contributed by atoms with Crippen LogP contribution in [0.4, 0.5) is 0 Å². The summed E-state index contributed by atoms with van der Waals surface area (Å²) in [7, 11) is 2.25. The summed E-state index contributed by atoms with van der Waals surface area (Å²) in [5.74, 6) is 2.31. The average molecular weight is 805 g/mol. The van der Waals surface area contributed by atoms with Gasteiger partial charge in [0.25, 0.3) is 0 Å². The summed E-state index contributed by atoms with van der Waals surface area (Å²) in [5.41, 5.74) is 0. The predicted molar refractivity (Wildman–Crippen MR) is 246 cm³/mol. The van der Waals surface area contributed by atoms with Gasteiger partial charge in [-0.3, -0.25) is 9.59 Å². The molecule has 57 heavy (non-hydrogen) atoms. The van der Waals surface area contributed by atoms with Crippen LogP contribution in [0, 0.1) is 17.8 Å². The first-order valence-electron chi connectivity index (χ1n) is 25.6. The number of hydrogen-bond donors (Lipinski definition) is 0. The van der Waals surface area contributed by atoms with Gasteiger partial charge in [0.1, 0.15) is 0 Å². The number of unbranched alkanes of at least 4 members (excludes halogenated alkanes) is 18. The summed E-state index contributed by atoms with van der Waals surface area (Å²) >= 11 is 0. The number of rotatable bonds is 42. The Balaban J connectivity index is 2.20. The smallest absolute Gasteiger partial charge is 0.305 e. The van der Waals surface area contributed by atoms with Crippen LogP contribution >= 0.6 is 0 Å². The molecule has 1 aliphatic rings. The number of carbonyl (C=O) groups is 2. The first-order chi connectivity index (χ1) is 27.9. The van der Waals surface area contributed by atoms with Crippen molar-refractivity contribution >= 4 is 11.9 Å². The average Bonchev–Trinajstić information content (AvgIpc) is 3.20. The Morgan fingerprint density at radius 2 is 0.719 bits per heavy atom. The molecule has 1 saturated heterocycles. The van der Waals surface area contributed by atoms with Gasteiger partial charge >= 0.3 is 11.9 Å². The highest BCUT2D eigenvalue weighted by Gasteiger charge is 2.19. The molecule has 1 heterocycles. The summed E-state index contributed by atoms with van der Waals surface area (Å²) in [6, 6.07) is 0. The second-order valence-corrected chi connectivity index (χ2v) is 18.5. The van der Waals surface area contributed by atoms with E-state index in [1.165, 1.54) is 200 Å². The molecule has 1 aliphatic heterocycles. The number of ether oxygens (including phenoxy) is 2. The molecule has 0 aromatic rings. The molecule has 0 bridgehead atoms. The maximum atomic E-state index is 12.4. The fourth-order valence-electron chi connectivity index (χ4n) is 8.96. The second kappa shape index (κ2) is 40.3. The maximum Gasteiger partial charge on any atom is 0.305 e. The van der Waals surface area contributed by atoms with E-state index in [1.807, 2.05) is 0 Å². The number of carbonyl (C=O) groups excluding carboxylic acids is 2. The molecule has 0 spiro atoms. The monoisotopic (exact) mass is 805 g/mol. The van der Waals surface area contributed by atoms with Crippen molar-refractivity contribution < 1.29 is 19.1 Å². The molecule has 0 aromatic heterocycles. The lowest BCUT2D eigenvalue weighted by atomic mass is 9.92. The third-order valence-corrected chi connectivity index (χ3v) is 13.0. The van der Waals surface area contributed by atoms with Crippen LogP contribution in [-0.2, 0) is 19.1 Å². The number of esters is 2. The molecule has 0 atom stereocenters. The number of nitrogens with zero attached hydrogens (tertiary/aromatic N) is 2. The Morgan fingerprint density at radius 1 is 0.404 bits per heavy atom. The van der Waals surface area contributed by atoms with Gasteiger partial charge < -0.3 is 19.3 Å². The predicted octanol–water partition coefficient (Wildman–Crippen LogP) is 14.5. The topological polar surface area (TPSA) is 59.1 Å². The van der Waals surface area contributed by atoms with E-state index in [0.717, 1.165) is 56.3 Å². The van der Waals surface area contributed by atoms with E-state index in [9.17, 15) is 9.59 Å². The van der Waals surface area contributed by atoms with E-state index in [2.05, 4.69) is 44.5 Å². The Labute approximate surface area is 356 Å². The zero-order valence-corrected chi connectivity index (χ0v) is 39.3. The van der Waals surface area contributed by atoms with E-state index in [-0.39, 0.29) is 11.9 Å². The highest BCUT2D eigenvalue weighted by atomic mass is 16.5. The molecule has 0 saturated carbocycles. The van der Waals surface area contributed by atoms with Crippen LogP contribution in [0.5, 0.6) is 0 Å². The first kappa shape index (κ1) is 53.9. The van der Waals surface area contributed by atoms with Crippen LogP contribution in [0.2, 0.25) is 0 Å². The van der Waals surface area contributed by atoms with Crippen molar-refractivity contribution in [3.63, 3.8) is 0 Å². The largest absolute Gasteiger partial charge is 0.466 e. The molecule has 6 nitrogen and oxygen atoms in total. The van der Waals surface area contributed by atoms with Crippen molar-refractivity contribution in [2.75, 3.05) is 53.0 Å². The van der Waals surface area contributed by atoms with Gasteiger partial charge in [0.2, 0.25) is 0 Å². The summed E-state index contributed by atoms with van der Waals surface area (Å²) < 4.78 is 11.3. The molecule has 338 valence electrons. The molecule has 0 unspecified atom stereocenters. The van der Waals surface area contributed by atoms with E-state index in [1.54, 1.807) is 0 Å². The third kappa shape index (κ3) is 34.3. The zero-order valence-electron chi connectivity index (χ0n) is 39.3. The van der Waals surface area contributed by atoms with E-state index in [4.69, 9.17) is 9.47 Å². The zero-order chi connectivity index (χ0) is 41.4. The normalized spacial score (nSPS) is 14.0. The fraction of sp³-hybridized carbons (Fsp3) is 0.961. The maximum absolute atomic E-state index is 12.4. The SMILES string of the molecule is CCCCCC(CCCCC)CCOC(=O)CCCCCCCCC(CCCCCCCCC(=O)OCCC(CCCCC)CCCCC)CN1CCN(C)CC1. The lowest BCUT2D eigenvalue weighted by molar-refractivity contribution is -0.145. The van der Waals surface area contributed by atoms with Crippen molar-refractivity contribution in [3.8, 4) is 0 Å². The molecule has 6 heteroatoms. The molecular formula is C51H100N2O4. The van der Waals surface area contributed by atoms with Gasteiger partial charge in [-0.2, -0.15) is 0 Å². The van der Waals surface area contributed by atoms with Crippen LogP contribution in [0.15, 0.2) is 0 Å². The van der Waals surface area contributed by atoms with E-state index >= 15 is 0 Å². The summed E-state index contributed by atoms with van der Waals surface area (Å²) in [6.07, 6.45) is 41.5. The Hall–Kier alpha value is -1.14. The van der Waals surface area contributed by atoms with Crippen LogP contribution in [0.25, 0.3) is 0 Å². The van der Waals surface area contributed by atoms with Crippen molar-refractivity contribution in [2.45, 2.75) is 246 Å². The Kier molecular flexibility index (Phi) is 38.1. The number of likely N-dealkylation sites (N-methyl/N-ethyl adjacent to an activating group) is 1. The molecule has 0 aliphatic carbocycles. The minimum atomic E-state index is 0.0207. The standard InChI is InChI=1S/C51H100N2O4/c1-6-10-22-30-47(31-23-11-7-2)38-44-56-50(54)36-28-20-16-14-18-26-34-49(46-53-42-40-52(5)41-43-53)35-27-19-15-17-21-29-37-51(55)57-45-39-48(32-24-12-8-3)33-25-13-9-4/h47-49H,6-46H2,1-5H3. The van der Waals surface area contributed by atoms with E-state index < -0.39 is 0 Å². The highest BCUT2D eigenvalue weighted by Crippen LogP contribution is 2.24. The van der Waals surface area contributed by atoms with Gasteiger partial charge in [-0.05, 0) is 63.3 Å². The molecule has 1 fully saturated rings. The number of hydrogen-bond acceptors (Lipinski definition) is 6. The first-order valence-corrected chi connectivity index (χ1v) is 25.6. The van der Waals surface area contributed by atoms with Crippen molar-refractivity contribution in [2.24, 2.45) is 17.8 Å². The van der Waals surface area contributed by atoms with Crippen LogP contribution in [0.3, 0.4) is 0 Å². The van der Waals surface area contributed by atoms with Gasteiger partial charge in [0.15, 0.2) is 0 Å². The Bertz CT molecular complexity index is 797. The van der Waals surface area contributed by atoms with Gasteiger partial charge in [0.05, 0.1) is 13.2 Å². The highest BCUT2D eigenvalue weighted by molar-refractivity contribution is 5.69. The summed E-state index contributed by atoms with van der Waals surface area (Å²) in [4.78, 5) is 30.0. The van der Waals surface area contributed by atoms with Gasteiger partial charge in [-0.15, -0.1) is 0 Å². The minimum absolute atomic E-state index is 0.0207. The fourth-order valence-corrected chi connectivity index (χ4v) is 8.96. The molecular weight excluding hydrogens is 705 g/mol. The van der Waals surface area contributed by atoms with Crippen LogP contribution in [-0.4, -0.2) is 74.7 Å². The third-order valence-electron chi connectivity index (χ3n) is 13.0. The molecule has 0 radical (unpaired) electrons. The summed E-state index contributed by atoms with van der Waals surface area (Å²) in [5, 5.41) is 0. The lowest BCUT2D eigenvalue weighted by Gasteiger charge is -2.34. The van der Waals surface area contributed by atoms with Crippen LogP contribution < -0.4 is 0 Å². The molecule has 0 amide bonds.